The van der Waals surface area contributed by atoms with E-state index < -0.39 is 0 Å². The maximum Gasteiger partial charge on any atom is 0.315 e. The first kappa shape index (κ1) is 16.2. The first-order valence-corrected chi connectivity index (χ1v) is 8.82. The number of hydrogen-bond acceptors (Lipinski definition) is 4. The van der Waals surface area contributed by atoms with Gasteiger partial charge in [-0.15, -0.1) is 0 Å². The van der Waals surface area contributed by atoms with Gasteiger partial charge in [-0.05, 0) is 30.3 Å². The van der Waals surface area contributed by atoms with Crippen LogP contribution in [0.25, 0.3) is 10.2 Å². The van der Waals surface area contributed by atoms with E-state index in [1.807, 2.05) is 12.1 Å². The number of carbonyl (C=O) groups is 2. The third-order valence-corrected chi connectivity index (χ3v) is 5.01. The minimum atomic E-state index is -0.371. The molecule has 126 valence electrons. The molecule has 4 rings (SSSR count). The summed E-state index contributed by atoms with van der Waals surface area (Å²) < 4.78 is 1.77. The fourth-order valence-electron chi connectivity index (χ4n) is 2.82. The summed E-state index contributed by atoms with van der Waals surface area (Å²) in [5.41, 5.74) is 2.03. The van der Waals surface area contributed by atoms with E-state index in [1.165, 1.54) is 0 Å². The molecule has 0 spiro atoms. The third-order valence-electron chi connectivity index (χ3n) is 4.10. The normalized spacial score (nSPS) is 10.8. The molecule has 1 heterocycles. The molecule has 0 bridgehead atoms. The van der Waals surface area contributed by atoms with E-state index in [-0.39, 0.29) is 16.6 Å². The highest BCUT2D eigenvalue weighted by Crippen LogP contribution is 2.22. The van der Waals surface area contributed by atoms with Gasteiger partial charge in [-0.1, -0.05) is 59.9 Å². The first-order chi connectivity index (χ1) is 12.6. The molecular weight excluding hydrogens is 346 g/mol. The second-order valence-electron chi connectivity index (χ2n) is 5.75. The Bertz CT molecular complexity index is 1170. The minimum absolute atomic E-state index is 0.116. The third kappa shape index (κ3) is 2.78. The fraction of sp³-hybridized carbons (Fsp3) is 0. The molecule has 3 aromatic carbocycles. The Morgan fingerprint density at radius 1 is 0.731 bits per heavy atom. The standard InChI is InChI=1S/C21H13NO3S/c23-19(14-7-3-1-4-8-14)16-11-12-17-18(13-16)26-21(25)22(17)20(24)15-9-5-2-6-10-15/h1-13H. The summed E-state index contributed by atoms with van der Waals surface area (Å²) in [6.45, 7) is 0. The molecule has 0 saturated heterocycles. The van der Waals surface area contributed by atoms with Crippen LogP contribution in [0.15, 0.2) is 83.7 Å². The molecule has 0 radical (unpaired) electrons. The molecule has 0 saturated carbocycles. The Morgan fingerprint density at radius 3 is 2.00 bits per heavy atom. The van der Waals surface area contributed by atoms with E-state index in [1.54, 1.807) is 66.7 Å². The highest BCUT2D eigenvalue weighted by molar-refractivity contribution is 7.16. The van der Waals surface area contributed by atoms with Crippen LogP contribution < -0.4 is 4.87 Å². The first-order valence-electron chi connectivity index (χ1n) is 8.00. The number of benzene rings is 3. The number of fused-ring (bicyclic) bond motifs is 1. The van der Waals surface area contributed by atoms with Gasteiger partial charge in [0.15, 0.2) is 5.78 Å². The van der Waals surface area contributed by atoms with Gasteiger partial charge >= 0.3 is 4.87 Å². The predicted molar refractivity (Wildman–Crippen MR) is 102 cm³/mol. The molecule has 26 heavy (non-hydrogen) atoms. The maximum atomic E-state index is 12.7. The topological polar surface area (TPSA) is 56.1 Å². The zero-order chi connectivity index (χ0) is 18.1. The number of thiazole rings is 1. The van der Waals surface area contributed by atoms with Gasteiger partial charge in [0.25, 0.3) is 5.91 Å². The second-order valence-corrected chi connectivity index (χ2v) is 6.75. The van der Waals surface area contributed by atoms with Crippen LogP contribution in [0, 0.1) is 0 Å². The van der Waals surface area contributed by atoms with E-state index in [0.717, 1.165) is 15.9 Å². The van der Waals surface area contributed by atoms with Crippen molar-refractivity contribution in [3.63, 3.8) is 0 Å². The summed E-state index contributed by atoms with van der Waals surface area (Å²) in [5, 5.41) is 0. The monoisotopic (exact) mass is 359 g/mol. The van der Waals surface area contributed by atoms with Crippen molar-refractivity contribution in [2.24, 2.45) is 0 Å². The number of ketones is 1. The zero-order valence-electron chi connectivity index (χ0n) is 13.6. The van der Waals surface area contributed by atoms with Gasteiger partial charge in [0.05, 0.1) is 10.2 Å². The van der Waals surface area contributed by atoms with Gasteiger partial charge < -0.3 is 0 Å². The van der Waals surface area contributed by atoms with Crippen molar-refractivity contribution in [2.75, 3.05) is 0 Å². The van der Waals surface area contributed by atoms with E-state index in [2.05, 4.69) is 0 Å². The van der Waals surface area contributed by atoms with E-state index in [9.17, 15) is 14.4 Å². The summed E-state index contributed by atoms with van der Waals surface area (Å²) in [6, 6.07) is 22.6. The van der Waals surface area contributed by atoms with Crippen LogP contribution in [0.5, 0.6) is 0 Å². The average molecular weight is 359 g/mol. The molecule has 0 unspecified atom stereocenters. The van der Waals surface area contributed by atoms with Crippen molar-refractivity contribution < 1.29 is 9.59 Å². The highest BCUT2D eigenvalue weighted by atomic mass is 32.1. The van der Waals surface area contributed by atoms with Gasteiger partial charge in [-0.3, -0.25) is 14.4 Å². The molecule has 1 aromatic heterocycles. The smallest absolute Gasteiger partial charge is 0.289 e. The van der Waals surface area contributed by atoms with Crippen molar-refractivity contribution in [3.05, 3.63) is 105 Å². The van der Waals surface area contributed by atoms with Crippen LogP contribution in [0.3, 0.4) is 0 Å². The van der Waals surface area contributed by atoms with Gasteiger partial charge in [0.1, 0.15) is 0 Å². The number of hydrogen-bond donors (Lipinski definition) is 0. The van der Waals surface area contributed by atoms with Gasteiger partial charge in [-0.2, -0.15) is 0 Å². The lowest BCUT2D eigenvalue weighted by Crippen LogP contribution is -2.22. The second kappa shape index (κ2) is 6.54. The molecule has 0 aliphatic carbocycles. The molecule has 0 atom stereocenters. The fourth-order valence-corrected chi connectivity index (χ4v) is 3.73. The zero-order valence-corrected chi connectivity index (χ0v) is 14.4. The lowest BCUT2D eigenvalue weighted by molar-refractivity contribution is 0.0962. The molecular formula is C21H13NO3S. The van der Waals surface area contributed by atoms with E-state index in [4.69, 9.17) is 0 Å². The summed E-state index contributed by atoms with van der Waals surface area (Å²) in [5.74, 6) is -0.488. The Kier molecular flexibility index (Phi) is 4.07. The summed E-state index contributed by atoms with van der Waals surface area (Å²) in [6.07, 6.45) is 0. The largest absolute Gasteiger partial charge is 0.315 e. The lowest BCUT2D eigenvalue weighted by atomic mass is 10.0. The van der Waals surface area contributed by atoms with Gasteiger partial charge in [0.2, 0.25) is 0 Å². The summed E-state index contributed by atoms with van der Waals surface area (Å²) in [7, 11) is 0. The molecule has 0 N–H and O–H groups in total. The van der Waals surface area contributed by atoms with Crippen molar-refractivity contribution in [1.29, 1.82) is 0 Å². The minimum Gasteiger partial charge on any atom is -0.289 e. The average Bonchev–Trinajstić information content (AvgIpc) is 3.03. The Labute approximate surface area is 153 Å². The highest BCUT2D eigenvalue weighted by Gasteiger charge is 2.18. The van der Waals surface area contributed by atoms with Crippen LogP contribution in [0.2, 0.25) is 0 Å². The van der Waals surface area contributed by atoms with Gasteiger partial charge in [0, 0.05) is 16.7 Å². The van der Waals surface area contributed by atoms with E-state index >= 15 is 0 Å². The molecule has 0 fully saturated rings. The Hall–Kier alpha value is -3.31. The summed E-state index contributed by atoms with van der Waals surface area (Å²) in [4.78, 5) is 37.3. The molecule has 0 aliphatic heterocycles. The van der Waals surface area contributed by atoms with Crippen molar-refractivity contribution in [1.82, 2.24) is 4.57 Å². The van der Waals surface area contributed by atoms with Crippen LogP contribution in [0.4, 0.5) is 0 Å². The predicted octanol–water partition coefficient (Wildman–Crippen LogP) is 3.98. The molecule has 0 amide bonds. The Balaban J connectivity index is 1.79. The SMILES string of the molecule is O=C(c1ccccc1)c1ccc2c(c1)sc(=O)n2C(=O)c1ccccc1. The molecule has 5 heteroatoms. The number of rotatable bonds is 3. The van der Waals surface area contributed by atoms with Crippen LogP contribution >= 0.6 is 11.3 Å². The van der Waals surface area contributed by atoms with Crippen LogP contribution in [-0.2, 0) is 0 Å². The van der Waals surface area contributed by atoms with Crippen LogP contribution in [-0.4, -0.2) is 16.3 Å². The van der Waals surface area contributed by atoms with Crippen molar-refractivity contribution in [2.45, 2.75) is 0 Å². The van der Waals surface area contributed by atoms with Crippen molar-refractivity contribution in [3.8, 4) is 0 Å². The van der Waals surface area contributed by atoms with E-state index in [0.29, 0.717) is 26.9 Å². The summed E-state index contributed by atoms with van der Waals surface area (Å²) >= 11 is 0.963. The quantitative estimate of drug-likeness (QED) is 0.520. The lowest BCUT2D eigenvalue weighted by Gasteiger charge is -2.04. The Morgan fingerprint density at radius 2 is 1.35 bits per heavy atom. The van der Waals surface area contributed by atoms with Gasteiger partial charge in [-0.25, -0.2) is 4.57 Å². The number of aromatic nitrogens is 1. The maximum absolute atomic E-state index is 12.7. The number of nitrogens with zero attached hydrogens (tertiary/aromatic N) is 1. The molecule has 4 nitrogen and oxygen atoms in total. The van der Waals surface area contributed by atoms with Crippen molar-refractivity contribution >= 4 is 33.2 Å². The van der Waals surface area contributed by atoms with Crippen LogP contribution in [0.1, 0.15) is 26.3 Å². The number of carbonyl (C=O) groups excluding carboxylic acids is 2. The molecule has 4 aromatic rings. The molecule has 0 aliphatic rings.